The molecule has 0 radical (unpaired) electrons. The molecule has 2 N–H and O–H groups in total. The van der Waals surface area contributed by atoms with E-state index in [1.807, 2.05) is 0 Å². The number of phenolic OH excluding ortho intramolecular Hbond substituents is 1. The Morgan fingerprint density at radius 3 is 1.67 bits per heavy atom. The van der Waals surface area contributed by atoms with Crippen LogP contribution >= 0.6 is 0 Å². The normalized spacial score (nSPS) is 20.7. The van der Waals surface area contributed by atoms with E-state index in [2.05, 4.69) is 86.7 Å². The second-order valence-corrected chi connectivity index (χ2v) is 12.2. The van der Waals surface area contributed by atoms with Gasteiger partial charge in [-0.05, 0) is 86.8 Å². The van der Waals surface area contributed by atoms with E-state index in [1.165, 1.54) is 24.8 Å². The molecule has 1 aromatic rings. The summed E-state index contributed by atoms with van der Waals surface area (Å²) in [6.45, 7) is 22.5. The van der Waals surface area contributed by atoms with Crippen LogP contribution in [0, 0.1) is 5.92 Å². The van der Waals surface area contributed by atoms with E-state index in [4.69, 9.17) is 0 Å². The SMILES string of the molecule is CC1(C)CC(CCc2cc(C(C)(C)C)c(O)c(C(C)(C)C)c2)CC(C)(C)N1. The number of phenols is 1. The monoisotopic (exact) mass is 373 g/mol. The second kappa shape index (κ2) is 7.10. The summed E-state index contributed by atoms with van der Waals surface area (Å²) in [5.41, 5.74) is 3.82. The highest BCUT2D eigenvalue weighted by Crippen LogP contribution is 2.41. The molecular weight excluding hydrogens is 330 g/mol. The van der Waals surface area contributed by atoms with E-state index in [0.29, 0.717) is 5.75 Å². The zero-order valence-electron chi connectivity index (χ0n) is 19.5. The highest BCUT2D eigenvalue weighted by atomic mass is 16.3. The quantitative estimate of drug-likeness (QED) is 0.636. The molecule has 0 bridgehead atoms. The van der Waals surface area contributed by atoms with Crippen molar-refractivity contribution in [3.8, 4) is 5.75 Å². The summed E-state index contributed by atoms with van der Waals surface area (Å²) in [7, 11) is 0. The molecule has 0 unspecified atom stereocenters. The first-order valence-electron chi connectivity index (χ1n) is 10.7. The van der Waals surface area contributed by atoms with Gasteiger partial charge in [-0.25, -0.2) is 0 Å². The maximum atomic E-state index is 10.9. The molecule has 27 heavy (non-hydrogen) atoms. The lowest BCUT2D eigenvalue weighted by Gasteiger charge is -2.46. The number of nitrogens with one attached hydrogen (secondary N) is 1. The van der Waals surface area contributed by atoms with Gasteiger partial charge in [-0.15, -0.1) is 0 Å². The number of aryl methyl sites for hydroxylation is 1. The third kappa shape index (κ3) is 5.73. The fourth-order valence-corrected chi connectivity index (χ4v) is 5.09. The highest BCUT2D eigenvalue weighted by Gasteiger charge is 2.37. The van der Waals surface area contributed by atoms with E-state index >= 15 is 0 Å². The molecule has 154 valence electrons. The molecule has 1 heterocycles. The van der Waals surface area contributed by atoms with E-state index in [0.717, 1.165) is 23.5 Å². The Morgan fingerprint density at radius 1 is 0.889 bits per heavy atom. The summed E-state index contributed by atoms with van der Waals surface area (Å²) in [4.78, 5) is 0. The Kier molecular flexibility index (Phi) is 5.86. The summed E-state index contributed by atoms with van der Waals surface area (Å²) < 4.78 is 0. The average Bonchev–Trinajstić information content (AvgIpc) is 2.40. The van der Waals surface area contributed by atoms with E-state index < -0.39 is 0 Å². The molecule has 1 aromatic carbocycles. The van der Waals surface area contributed by atoms with Crippen LogP contribution in [0.1, 0.15) is 105 Å². The Morgan fingerprint density at radius 2 is 1.30 bits per heavy atom. The van der Waals surface area contributed by atoms with Crippen LogP contribution < -0.4 is 5.32 Å². The van der Waals surface area contributed by atoms with Gasteiger partial charge in [0.1, 0.15) is 5.75 Å². The second-order valence-electron chi connectivity index (χ2n) is 12.2. The predicted octanol–water partition coefficient (Wildman–Crippen LogP) is 6.48. The molecule has 1 aliphatic heterocycles. The van der Waals surface area contributed by atoms with E-state index in [-0.39, 0.29) is 21.9 Å². The molecular formula is C25H43NO. The lowest BCUT2D eigenvalue weighted by atomic mass is 9.73. The van der Waals surface area contributed by atoms with Crippen molar-refractivity contribution in [3.05, 3.63) is 28.8 Å². The standard InChI is InChI=1S/C25H43NO/c1-22(2,3)19-13-17(14-20(21(19)27)23(4,5)6)11-12-18-15-24(7,8)26-25(9,10)16-18/h13-14,18,26-27H,11-12,15-16H2,1-10H3. The van der Waals surface area contributed by atoms with Gasteiger partial charge in [0.15, 0.2) is 0 Å². The number of piperidine rings is 1. The Labute approximate surface area is 168 Å². The average molecular weight is 374 g/mol. The first-order valence-corrected chi connectivity index (χ1v) is 10.7. The summed E-state index contributed by atoms with van der Waals surface area (Å²) in [5, 5.41) is 14.7. The Bertz CT molecular complexity index is 620. The summed E-state index contributed by atoms with van der Waals surface area (Å²) >= 11 is 0. The van der Waals surface area contributed by atoms with Crippen LogP contribution in [-0.4, -0.2) is 16.2 Å². The van der Waals surface area contributed by atoms with Crippen molar-refractivity contribution in [1.29, 1.82) is 0 Å². The number of benzene rings is 1. The van der Waals surface area contributed by atoms with Gasteiger partial charge >= 0.3 is 0 Å². The van der Waals surface area contributed by atoms with Crippen LogP contribution in [-0.2, 0) is 17.3 Å². The molecule has 1 saturated heterocycles. The summed E-state index contributed by atoms with van der Waals surface area (Å²) in [5.74, 6) is 1.23. The van der Waals surface area contributed by atoms with Crippen molar-refractivity contribution in [2.24, 2.45) is 5.92 Å². The van der Waals surface area contributed by atoms with Crippen LogP contribution in [0.5, 0.6) is 5.75 Å². The van der Waals surface area contributed by atoms with Gasteiger partial charge in [0.25, 0.3) is 0 Å². The van der Waals surface area contributed by atoms with Crippen molar-refractivity contribution >= 4 is 0 Å². The van der Waals surface area contributed by atoms with Crippen LogP contribution in [0.2, 0.25) is 0 Å². The van der Waals surface area contributed by atoms with Crippen molar-refractivity contribution in [3.63, 3.8) is 0 Å². The molecule has 1 aliphatic rings. The van der Waals surface area contributed by atoms with Gasteiger partial charge in [0.05, 0.1) is 0 Å². The first kappa shape index (κ1) is 22.3. The number of rotatable bonds is 3. The lowest BCUT2D eigenvalue weighted by molar-refractivity contribution is 0.124. The Hall–Kier alpha value is -1.02. The van der Waals surface area contributed by atoms with Gasteiger partial charge in [0.2, 0.25) is 0 Å². The highest BCUT2D eigenvalue weighted by molar-refractivity contribution is 5.49. The lowest BCUT2D eigenvalue weighted by Crippen LogP contribution is -2.57. The molecule has 0 amide bonds. The van der Waals surface area contributed by atoms with Gasteiger partial charge < -0.3 is 10.4 Å². The molecule has 0 aliphatic carbocycles. The summed E-state index contributed by atoms with van der Waals surface area (Å²) in [6, 6.07) is 4.50. The minimum atomic E-state index is -0.0567. The van der Waals surface area contributed by atoms with E-state index in [1.54, 1.807) is 0 Å². The topological polar surface area (TPSA) is 32.3 Å². The zero-order chi connectivity index (χ0) is 20.8. The van der Waals surface area contributed by atoms with Crippen molar-refractivity contribution in [2.75, 3.05) is 0 Å². The van der Waals surface area contributed by atoms with Crippen LogP contribution in [0.4, 0.5) is 0 Å². The molecule has 0 spiro atoms. The van der Waals surface area contributed by atoms with Crippen LogP contribution in [0.15, 0.2) is 12.1 Å². The molecule has 0 saturated carbocycles. The van der Waals surface area contributed by atoms with Gasteiger partial charge in [-0.1, -0.05) is 53.7 Å². The summed E-state index contributed by atoms with van der Waals surface area (Å²) in [6.07, 6.45) is 4.76. The molecule has 0 aromatic heterocycles. The molecule has 2 rings (SSSR count). The van der Waals surface area contributed by atoms with Crippen LogP contribution in [0.3, 0.4) is 0 Å². The largest absolute Gasteiger partial charge is 0.507 e. The number of hydrogen-bond acceptors (Lipinski definition) is 2. The van der Waals surface area contributed by atoms with E-state index in [9.17, 15) is 5.11 Å². The molecule has 2 heteroatoms. The molecule has 1 fully saturated rings. The van der Waals surface area contributed by atoms with Gasteiger partial charge in [0, 0.05) is 11.1 Å². The predicted molar refractivity (Wildman–Crippen MR) is 118 cm³/mol. The number of hydrogen-bond donors (Lipinski definition) is 2. The fraction of sp³-hybridized carbons (Fsp3) is 0.760. The van der Waals surface area contributed by atoms with Crippen LogP contribution in [0.25, 0.3) is 0 Å². The third-order valence-electron chi connectivity index (χ3n) is 5.90. The van der Waals surface area contributed by atoms with Crippen molar-refractivity contribution in [1.82, 2.24) is 5.32 Å². The first-order chi connectivity index (χ1) is 12.0. The Balaban J connectivity index is 2.28. The van der Waals surface area contributed by atoms with Gasteiger partial charge in [-0.3, -0.25) is 0 Å². The zero-order valence-corrected chi connectivity index (χ0v) is 19.5. The number of aromatic hydroxyl groups is 1. The van der Waals surface area contributed by atoms with Gasteiger partial charge in [-0.2, -0.15) is 0 Å². The minimum absolute atomic E-state index is 0.0567. The molecule has 0 atom stereocenters. The van der Waals surface area contributed by atoms with Crippen molar-refractivity contribution in [2.45, 2.75) is 117 Å². The smallest absolute Gasteiger partial charge is 0.123 e. The maximum absolute atomic E-state index is 10.9. The minimum Gasteiger partial charge on any atom is -0.507 e. The van der Waals surface area contributed by atoms with Crippen molar-refractivity contribution < 1.29 is 5.11 Å². The third-order valence-corrected chi connectivity index (χ3v) is 5.90. The fourth-order valence-electron chi connectivity index (χ4n) is 5.09. The molecule has 2 nitrogen and oxygen atoms in total. The maximum Gasteiger partial charge on any atom is 0.123 e.